The predicted molar refractivity (Wildman–Crippen MR) is 128 cm³/mol. The van der Waals surface area contributed by atoms with Crippen molar-refractivity contribution in [2.75, 3.05) is 10.6 Å². The quantitative estimate of drug-likeness (QED) is 0.156. The molecule has 4 aromatic rings. The van der Waals surface area contributed by atoms with Crippen LogP contribution in [0.2, 0.25) is 0 Å². The lowest BCUT2D eigenvalue weighted by molar-refractivity contribution is -0.384. The predicted octanol–water partition coefficient (Wildman–Crippen LogP) is 5.77. The summed E-state index contributed by atoms with van der Waals surface area (Å²) in [5, 5.41) is 17.1. The van der Waals surface area contributed by atoms with Crippen LogP contribution in [0.15, 0.2) is 97.3 Å². The fourth-order valence-corrected chi connectivity index (χ4v) is 3.08. The Hall–Kier alpha value is -4.85. The number of pyridine rings is 2. The zero-order valence-electron chi connectivity index (χ0n) is 17.4. The summed E-state index contributed by atoms with van der Waals surface area (Å²) in [7, 11) is 0. The number of hydrogen-bond donors (Lipinski definition) is 2. The lowest BCUT2D eigenvalue weighted by Crippen LogP contribution is -2.03. The fraction of sp³-hybridized carbons (Fsp3) is 0. The number of non-ortho nitro benzene ring substituents is 1. The van der Waals surface area contributed by atoms with Crippen molar-refractivity contribution in [3.8, 4) is 0 Å². The Morgan fingerprint density at radius 1 is 0.788 bits per heavy atom. The molecule has 8 nitrogen and oxygen atoms in total. The van der Waals surface area contributed by atoms with E-state index in [0.29, 0.717) is 28.5 Å². The van der Waals surface area contributed by atoms with E-state index in [4.69, 9.17) is 0 Å². The van der Waals surface area contributed by atoms with Crippen molar-refractivity contribution < 1.29 is 9.72 Å². The Labute approximate surface area is 189 Å². The largest absolute Gasteiger partial charge is 0.340 e. The van der Waals surface area contributed by atoms with Crippen molar-refractivity contribution in [3.05, 3.63) is 119 Å². The molecule has 2 heterocycles. The molecule has 8 heteroatoms. The fourth-order valence-electron chi connectivity index (χ4n) is 3.08. The molecule has 2 aromatic heterocycles. The van der Waals surface area contributed by atoms with Crippen LogP contribution < -0.4 is 10.6 Å². The highest BCUT2D eigenvalue weighted by atomic mass is 16.6. The maximum atomic E-state index is 12.9. The molecule has 0 saturated heterocycles. The van der Waals surface area contributed by atoms with E-state index in [-0.39, 0.29) is 11.5 Å². The number of para-hydroxylation sites is 1. The third kappa shape index (κ3) is 5.45. The number of benzene rings is 2. The van der Waals surface area contributed by atoms with Crippen molar-refractivity contribution >= 4 is 40.6 Å². The standard InChI is InChI=1S/C25H19N5O3/c31-23(22-9-5-17-27-25(22)29-19-7-2-1-3-8-19)15-10-18-6-4-16-26-24(18)28-20-11-13-21(14-12-20)30(32)33/h1-17H,(H,26,28)(H,27,29)/b15-10+. The van der Waals surface area contributed by atoms with E-state index in [9.17, 15) is 14.9 Å². The summed E-state index contributed by atoms with van der Waals surface area (Å²) in [6, 6.07) is 22.5. The summed E-state index contributed by atoms with van der Waals surface area (Å²) in [4.78, 5) is 31.9. The average molecular weight is 437 g/mol. The Kier molecular flexibility index (Phi) is 6.46. The van der Waals surface area contributed by atoms with E-state index < -0.39 is 4.92 Å². The number of nitrogens with one attached hydrogen (secondary N) is 2. The van der Waals surface area contributed by atoms with Crippen LogP contribution in [-0.4, -0.2) is 20.7 Å². The third-order valence-electron chi connectivity index (χ3n) is 4.70. The van der Waals surface area contributed by atoms with Gasteiger partial charge in [0, 0.05) is 41.5 Å². The van der Waals surface area contributed by atoms with Gasteiger partial charge in [-0.3, -0.25) is 14.9 Å². The van der Waals surface area contributed by atoms with Crippen LogP contribution in [0.25, 0.3) is 6.08 Å². The minimum atomic E-state index is -0.455. The van der Waals surface area contributed by atoms with Gasteiger partial charge in [-0.15, -0.1) is 0 Å². The summed E-state index contributed by atoms with van der Waals surface area (Å²) >= 11 is 0. The minimum Gasteiger partial charge on any atom is -0.340 e. The normalized spacial score (nSPS) is 10.7. The molecule has 0 unspecified atom stereocenters. The van der Waals surface area contributed by atoms with Crippen LogP contribution in [0.3, 0.4) is 0 Å². The maximum absolute atomic E-state index is 12.9. The van der Waals surface area contributed by atoms with Gasteiger partial charge in [0.05, 0.1) is 10.5 Å². The topological polar surface area (TPSA) is 110 Å². The van der Waals surface area contributed by atoms with Gasteiger partial charge < -0.3 is 10.6 Å². The van der Waals surface area contributed by atoms with Gasteiger partial charge in [-0.05, 0) is 60.7 Å². The SMILES string of the molecule is O=C(/C=C/c1cccnc1Nc1ccc([N+](=O)[O-])cc1)c1cccnc1Nc1ccccc1. The van der Waals surface area contributed by atoms with Gasteiger partial charge in [-0.25, -0.2) is 9.97 Å². The zero-order chi connectivity index (χ0) is 23.0. The highest BCUT2D eigenvalue weighted by Gasteiger charge is 2.11. The molecule has 162 valence electrons. The smallest absolute Gasteiger partial charge is 0.269 e. The lowest BCUT2D eigenvalue weighted by atomic mass is 10.1. The first-order chi connectivity index (χ1) is 16.1. The summed E-state index contributed by atoms with van der Waals surface area (Å²) < 4.78 is 0. The molecule has 0 aliphatic carbocycles. The molecule has 0 spiro atoms. The second-order valence-electron chi connectivity index (χ2n) is 6.96. The Morgan fingerprint density at radius 2 is 1.42 bits per heavy atom. The number of allylic oxidation sites excluding steroid dienone is 1. The first kappa shape index (κ1) is 21.4. The van der Waals surface area contributed by atoms with Gasteiger partial charge in [0.2, 0.25) is 0 Å². The third-order valence-corrected chi connectivity index (χ3v) is 4.70. The molecule has 0 radical (unpaired) electrons. The average Bonchev–Trinajstić information content (AvgIpc) is 2.84. The molecule has 0 amide bonds. The number of carbonyl (C=O) groups excluding carboxylic acids is 1. The van der Waals surface area contributed by atoms with E-state index in [1.165, 1.54) is 18.2 Å². The minimum absolute atomic E-state index is 0.00340. The monoisotopic (exact) mass is 437 g/mol. The summed E-state index contributed by atoms with van der Waals surface area (Å²) in [5.41, 5.74) is 2.60. The van der Waals surface area contributed by atoms with Crippen LogP contribution >= 0.6 is 0 Å². The van der Waals surface area contributed by atoms with E-state index >= 15 is 0 Å². The molecule has 33 heavy (non-hydrogen) atoms. The Bertz CT molecular complexity index is 1310. The van der Waals surface area contributed by atoms with E-state index in [1.807, 2.05) is 36.4 Å². The molecule has 0 aliphatic rings. The summed E-state index contributed by atoms with van der Waals surface area (Å²) in [6.45, 7) is 0. The van der Waals surface area contributed by atoms with Crippen LogP contribution in [0.5, 0.6) is 0 Å². The van der Waals surface area contributed by atoms with Crippen molar-refractivity contribution in [2.45, 2.75) is 0 Å². The number of rotatable bonds is 8. The number of hydrogen-bond acceptors (Lipinski definition) is 7. The second-order valence-corrected chi connectivity index (χ2v) is 6.96. The highest BCUT2D eigenvalue weighted by molar-refractivity contribution is 6.10. The zero-order valence-corrected chi connectivity index (χ0v) is 17.4. The van der Waals surface area contributed by atoms with E-state index in [1.54, 1.807) is 48.8 Å². The molecule has 4 rings (SSSR count). The Balaban J connectivity index is 1.53. The molecule has 2 N–H and O–H groups in total. The van der Waals surface area contributed by atoms with Gasteiger partial charge in [-0.1, -0.05) is 18.2 Å². The van der Waals surface area contributed by atoms with Crippen molar-refractivity contribution in [3.63, 3.8) is 0 Å². The van der Waals surface area contributed by atoms with Gasteiger partial charge >= 0.3 is 0 Å². The van der Waals surface area contributed by atoms with Crippen molar-refractivity contribution in [1.82, 2.24) is 9.97 Å². The van der Waals surface area contributed by atoms with Gasteiger partial charge in [0.15, 0.2) is 5.78 Å². The number of nitro groups is 1. The van der Waals surface area contributed by atoms with Crippen LogP contribution in [0, 0.1) is 10.1 Å². The first-order valence-corrected chi connectivity index (χ1v) is 10.1. The molecular weight excluding hydrogens is 418 g/mol. The number of anilines is 4. The molecule has 0 saturated carbocycles. The van der Waals surface area contributed by atoms with E-state index in [2.05, 4.69) is 20.6 Å². The summed E-state index contributed by atoms with van der Waals surface area (Å²) in [5.74, 6) is 0.768. The maximum Gasteiger partial charge on any atom is 0.269 e. The first-order valence-electron chi connectivity index (χ1n) is 10.1. The molecule has 0 fully saturated rings. The second kappa shape index (κ2) is 9.97. The number of nitro benzene ring substituents is 1. The molecular formula is C25H19N5O3. The number of carbonyl (C=O) groups is 1. The van der Waals surface area contributed by atoms with E-state index in [0.717, 1.165) is 5.69 Å². The van der Waals surface area contributed by atoms with Gasteiger partial charge in [-0.2, -0.15) is 0 Å². The Morgan fingerprint density at radius 3 is 2.15 bits per heavy atom. The van der Waals surface area contributed by atoms with Crippen molar-refractivity contribution in [1.29, 1.82) is 0 Å². The lowest BCUT2D eigenvalue weighted by Gasteiger charge is -2.09. The molecule has 0 atom stereocenters. The number of nitrogens with zero attached hydrogens (tertiary/aromatic N) is 3. The number of aromatic nitrogens is 2. The molecule has 0 aliphatic heterocycles. The van der Waals surface area contributed by atoms with Crippen LogP contribution in [0.1, 0.15) is 15.9 Å². The van der Waals surface area contributed by atoms with Crippen LogP contribution in [0.4, 0.5) is 28.7 Å². The van der Waals surface area contributed by atoms with Gasteiger partial charge in [0.1, 0.15) is 11.6 Å². The van der Waals surface area contributed by atoms with Gasteiger partial charge in [0.25, 0.3) is 5.69 Å². The van der Waals surface area contributed by atoms with Crippen LogP contribution in [-0.2, 0) is 0 Å². The molecule has 2 aromatic carbocycles. The summed E-state index contributed by atoms with van der Waals surface area (Å²) in [6.07, 6.45) is 6.38. The number of ketones is 1. The molecule has 0 bridgehead atoms. The van der Waals surface area contributed by atoms with Crippen molar-refractivity contribution in [2.24, 2.45) is 0 Å². The highest BCUT2D eigenvalue weighted by Crippen LogP contribution is 2.23.